The van der Waals surface area contributed by atoms with Crippen LogP contribution in [0.3, 0.4) is 0 Å². The van der Waals surface area contributed by atoms with Gasteiger partial charge in [-0.25, -0.2) is 0 Å². The Bertz CT molecular complexity index is 3140. The predicted octanol–water partition coefficient (Wildman–Crippen LogP) is 17.7. The van der Waals surface area contributed by atoms with Crippen molar-refractivity contribution in [2.24, 2.45) is 17.8 Å². The minimum Gasteiger partial charge on any atom is -0.400 e. The van der Waals surface area contributed by atoms with Crippen molar-refractivity contribution in [1.82, 2.24) is 0 Å². The number of benzene rings is 5. The summed E-state index contributed by atoms with van der Waals surface area (Å²) in [6.45, 7) is 42.6. The van der Waals surface area contributed by atoms with Crippen molar-refractivity contribution in [2.45, 2.75) is 201 Å². The maximum atomic E-state index is 6.77. The first-order valence-corrected chi connectivity index (χ1v) is 29.4. The first-order valence-electron chi connectivity index (χ1n) is 29.4. The fraction of sp³-hybridized carbons (Fsp3) is 0.486. The highest BCUT2D eigenvalue weighted by atomic mass is 16.7. The molecule has 5 aromatic rings. The van der Waals surface area contributed by atoms with Gasteiger partial charge in [-0.1, -0.05) is 158 Å². The molecule has 0 amide bonds. The minimum absolute atomic E-state index is 0.0286. The normalized spacial score (nSPS) is 24.1. The molecule has 0 aromatic heterocycles. The van der Waals surface area contributed by atoms with Crippen molar-refractivity contribution in [1.29, 1.82) is 0 Å². The van der Waals surface area contributed by atoms with E-state index in [9.17, 15) is 0 Å². The zero-order valence-corrected chi connectivity index (χ0v) is 50.1. The Kier molecular flexibility index (Phi) is 14.2. The molecular formula is C70H89B2NO4. The smallest absolute Gasteiger partial charge is 0.400 e. The summed E-state index contributed by atoms with van der Waals surface area (Å²) in [7, 11) is -1.08. The molecule has 2 saturated heterocycles. The van der Waals surface area contributed by atoms with Crippen molar-refractivity contribution < 1.29 is 18.6 Å². The number of nitrogens with zero attached hydrogens (tertiary/aromatic N) is 1. The third-order valence-corrected chi connectivity index (χ3v) is 19.9. The van der Waals surface area contributed by atoms with Gasteiger partial charge >= 0.3 is 14.2 Å². The lowest BCUT2D eigenvalue weighted by Crippen LogP contribution is -2.41. The second-order valence-corrected chi connectivity index (χ2v) is 27.2. The van der Waals surface area contributed by atoms with Crippen LogP contribution < -0.4 is 10.4 Å². The van der Waals surface area contributed by atoms with E-state index in [1.807, 2.05) is 0 Å². The molecule has 7 heteroatoms. The van der Waals surface area contributed by atoms with Crippen molar-refractivity contribution in [3.05, 3.63) is 172 Å². The zero-order chi connectivity index (χ0) is 55.4. The standard InChI is InChI=1S/C70H89B2NO4/c1-19-68(18,37-25-26-45(3)4)49-33-35-55-56-36-34-50(69(20-2)44-51(69)38-46(5)6)42-61(56)70(60(55)41-49)58-30-22-21-29-57(58)63-59(70)31-24-32-62(63)73(53-28-23-27-52(43-53)72-76-66(14,15)67(16,17)77-72)54(39-47(7)8)40-48(9)71-74-64(10,11)65(12,13)75-71/h21-24,27-36,39-43,45-46,51H,7,19-20,25-26,37-38,44H2,1-6,8-18H3. The summed E-state index contributed by atoms with van der Waals surface area (Å²) < 4.78 is 27.0. The van der Waals surface area contributed by atoms with E-state index >= 15 is 0 Å². The number of fused-ring (bicyclic) bond motifs is 10. The molecule has 3 fully saturated rings. The van der Waals surface area contributed by atoms with Crippen LogP contribution in [-0.2, 0) is 34.9 Å². The SMILES string of the molecule is C=C(C)C=C(C=C(C)B1OC(C)(C)C(C)(C)O1)N(c1cccc(B2OC(C)(C)C(C)(C)O2)c1)c1cccc2c1-c1ccccc1C21c2cc(C(C)(CC)CCCC(C)C)ccc2-c2ccc(C3(CC)CC3CC(C)C)cc21. The molecular weight excluding hydrogens is 940 g/mol. The summed E-state index contributed by atoms with van der Waals surface area (Å²) in [6, 6.07) is 40.6. The molecule has 5 aromatic carbocycles. The molecule has 77 heavy (non-hydrogen) atoms. The maximum absolute atomic E-state index is 6.77. The minimum atomic E-state index is -0.578. The highest BCUT2D eigenvalue weighted by Crippen LogP contribution is 2.67. The molecule has 4 unspecified atom stereocenters. The van der Waals surface area contributed by atoms with Crippen LogP contribution in [0, 0.1) is 17.8 Å². The lowest BCUT2D eigenvalue weighted by Gasteiger charge is -2.35. The molecule has 404 valence electrons. The van der Waals surface area contributed by atoms with Crippen molar-refractivity contribution in [3.8, 4) is 22.3 Å². The summed E-state index contributed by atoms with van der Waals surface area (Å²) in [4.78, 5) is 2.45. The van der Waals surface area contributed by atoms with Gasteiger partial charge in [-0.15, -0.1) is 0 Å². The average Bonchev–Trinajstić information content (AvgIpc) is 3.39. The van der Waals surface area contributed by atoms with Gasteiger partial charge < -0.3 is 23.5 Å². The maximum Gasteiger partial charge on any atom is 0.494 e. The Morgan fingerprint density at radius 1 is 0.688 bits per heavy atom. The summed E-state index contributed by atoms with van der Waals surface area (Å²) in [5.41, 5.74) is 17.1. The quantitative estimate of drug-likeness (QED) is 0.0671. The first kappa shape index (κ1) is 55.4. The van der Waals surface area contributed by atoms with Crippen molar-refractivity contribution >= 4 is 31.1 Å². The first-order chi connectivity index (χ1) is 36.2. The van der Waals surface area contributed by atoms with E-state index in [1.165, 1.54) is 81.3 Å². The van der Waals surface area contributed by atoms with Gasteiger partial charge in [-0.3, -0.25) is 0 Å². The fourth-order valence-electron chi connectivity index (χ4n) is 13.7. The Hall–Kier alpha value is -4.91. The summed E-state index contributed by atoms with van der Waals surface area (Å²) >= 11 is 0. The average molecular weight is 1030 g/mol. The topological polar surface area (TPSA) is 40.2 Å². The van der Waals surface area contributed by atoms with Crippen molar-refractivity contribution in [2.75, 3.05) is 4.90 Å². The molecule has 1 saturated carbocycles. The number of rotatable bonds is 17. The van der Waals surface area contributed by atoms with E-state index in [-0.39, 0.29) is 10.8 Å². The van der Waals surface area contributed by atoms with Gasteiger partial charge in [0.15, 0.2) is 0 Å². The molecule has 0 radical (unpaired) electrons. The summed E-state index contributed by atoms with van der Waals surface area (Å²) in [5.74, 6) is 2.04. The van der Waals surface area contributed by atoms with Crippen molar-refractivity contribution in [3.63, 3.8) is 0 Å². The number of hydrogen-bond donors (Lipinski definition) is 0. The van der Waals surface area contributed by atoms with Crippen LogP contribution in [0.1, 0.15) is 196 Å². The Balaban J connectivity index is 1.25. The molecule has 0 N–H and O–H groups in total. The van der Waals surface area contributed by atoms with Crippen LogP contribution in [0.25, 0.3) is 22.3 Å². The Morgan fingerprint density at radius 3 is 1.95 bits per heavy atom. The summed E-state index contributed by atoms with van der Waals surface area (Å²) in [5, 5.41) is 0. The van der Waals surface area contributed by atoms with E-state index in [2.05, 4.69) is 244 Å². The highest BCUT2D eigenvalue weighted by molar-refractivity contribution is 6.62. The molecule has 10 rings (SSSR count). The summed E-state index contributed by atoms with van der Waals surface area (Å²) in [6.07, 6.45) is 12.8. The number of allylic oxidation sites excluding steroid dienone is 4. The molecule has 5 nitrogen and oxygen atoms in total. The lowest BCUT2D eigenvalue weighted by molar-refractivity contribution is 0.00578. The number of hydrogen-bond acceptors (Lipinski definition) is 5. The molecule has 5 aliphatic rings. The van der Waals surface area contributed by atoms with E-state index in [0.29, 0.717) is 17.8 Å². The van der Waals surface area contributed by atoms with Crippen LogP contribution in [0.5, 0.6) is 0 Å². The van der Waals surface area contributed by atoms with Crippen LogP contribution >= 0.6 is 0 Å². The Morgan fingerprint density at radius 2 is 1.31 bits per heavy atom. The van der Waals surface area contributed by atoms with E-state index in [0.717, 1.165) is 52.8 Å². The van der Waals surface area contributed by atoms with E-state index in [4.69, 9.17) is 18.6 Å². The molecule has 0 bridgehead atoms. The van der Waals surface area contributed by atoms with Crippen LogP contribution in [-0.4, -0.2) is 36.6 Å². The predicted molar refractivity (Wildman–Crippen MR) is 326 cm³/mol. The second-order valence-electron chi connectivity index (χ2n) is 27.2. The van der Waals surface area contributed by atoms with Crippen LogP contribution in [0.2, 0.25) is 0 Å². The van der Waals surface area contributed by atoms with Crippen LogP contribution in [0.4, 0.5) is 11.4 Å². The van der Waals surface area contributed by atoms with Gasteiger partial charge in [0.25, 0.3) is 0 Å². The molecule has 1 spiro atoms. The largest absolute Gasteiger partial charge is 0.494 e. The van der Waals surface area contributed by atoms with Crippen LogP contribution in [0.15, 0.2) is 139 Å². The Labute approximate surface area is 465 Å². The van der Waals surface area contributed by atoms with Gasteiger partial charge in [-0.05, 0) is 221 Å². The monoisotopic (exact) mass is 1030 g/mol. The van der Waals surface area contributed by atoms with Gasteiger partial charge in [0, 0.05) is 16.9 Å². The molecule has 2 heterocycles. The van der Waals surface area contributed by atoms with E-state index in [1.54, 1.807) is 0 Å². The third kappa shape index (κ3) is 9.20. The highest BCUT2D eigenvalue weighted by Gasteiger charge is 2.58. The molecule has 2 aliphatic heterocycles. The lowest BCUT2D eigenvalue weighted by atomic mass is 9.68. The second kappa shape index (κ2) is 19.7. The molecule has 4 atom stereocenters. The van der Waals surface area contributed by atoms with Gasteiger partial charge in [0.2, 0.25) is 0 Å². The number of anilines is 2. The van der Waals surface area contributed by atoms with Gasteiger partial charge in [0.05, 0.1) is 33.5 Å². The fourth-order valence-corrected chi connectivity index (χ4v) is 13.7. The molecule has 3 aliphatic carbocycles. The third-order valence-electron chi connectivity index (χ3n) is 19.9. The van der Waals surface area contributed by atoms with E-state index < -0.39 is 42.1 Å². The van der Waals surface area contributed by atoms with Gasteiger partial charge in [-0.2, -0.15) is 0 Å². The zero-order valence-electron chi connectivity index (χ0n) is 50.1. The van der Waals surface area contributed by atoms with Gasteiger partial charge in [0.1, 0.15) is 0 Å².